The van der Waals surface area contributed by atoms with Crippen molar-refractivity contribution in [2.75, 3.05) is 0 Å². The van der Waals surface area contributed by atoms with Crippen LogP contribution in [0.4, 0.5) is 4.39 Å². The monoisotopic (exact) mass is 270 g/mol. The lowest BCUT2D eigenvalue weighted by atomic mass is 10.1. The Bertz CT molecular complexity index is 458. The van der Waals surface area contributed by atoms with Crippen molar-refractivity contribution in [2.45, 2.75) is 6.10 Å². The highest BCUT2D eigenvalue weighted by molar-refractivity contribution is 9.10. The fourth-order valence-corrected chi connectivity index (χ4v) is 1.68. The van der Waals surface area contributed by atoms with Crippen molar-refractivity contribution >= 4 is 15.9 Å². The van der Waals surface area contributed by atoms with Gasteiger partial charge in [0.25, 0.3) is 0 Å². The third-order valence-electron chi connectivity index (χ3n) is 2.03. The van der Waals surface area contributed by atoms with E-state index < -0.39 is 11.9 Å². The summed E-state index contributed by atoms with van der Waals surface area (Å²) in [5.41, 5.74) is 0.194. The van der Waals surface area contributed by atoms with E-state index in [0.717, 1.165) is 0 Å². The van der Waals surface area contributed by atoms with Crippen LogP contribution in [0.15, 0.2) is 35.1 Å². The summed E-state index contributed by atoms with van der Waals surface area (Å²) in [5, 5.41) is 9.83. The highest BCUT2D eigenvalue weighted by Crippen LogP contribution is 2.24. The van der Waals surface area contributed by atoms with Crippen molar-refractivity contribution < 1.29 is 9.50 Å². The summed E-state index contributed by atoms with van der Waals surface area (Å²) in [6.45, 7) is 0. The summed E-state index contributed by atoms with van der Waals surface area (Å²) < 4.78 is 14.1. The van der Waals surface area contributed by atoms with Crippen LogP contribution in [0.3, 0.4) is 0 Å². The van der Waals surface area contributed by atoms with Gasteiger partial charge in [0.2, 0.25) is 0 Å². The summed E-state index contributed by atoms with van der Waals surface area (Å²) in [5.74, 6) is -0.130. The topological polar surface area (TPSA) is 48.9 Å². The van der Waals surface area contributed by atoms with Crippen LogP contribution < -0.4 is 0 Å². The number of hydrogen-bond acceptors (Lipinski definition) is 2. The SMILES string of the molecule is OC(c1ncc[nH]1)c1cc(Br)ccc1F. The van der Waals surface area contributed by atoms with Crippen LogP contribution in [-0.2, 0) is 0 Å². The average Bonchev–Trinajstić information content (AvgIpc) is 2.74. The smallest absolute Gasteiger partial charge is 0.139 e. The lowest BCUT2D eigenvalue weighted by Gasteiger charge is -2.09. The molecule has 0 bridgehead atoms. The molecule has 3 nitrogen and oxygen atoms in total. The van der Waals surface area contributed by atoms with Gasteiger partial charge in [-0.15, -0.1) is 0 Å². The molecule has 0 fully saturated rings. The first-order valence-corrected chi connectivity index (χ1v) is 5.10. The molecule has 1 atom stereocenters. The van der Waals surface area contributed by atoms with E-state index in [-0.39, 0.29) is 5.56 Å². The Kier molecular flexibility index (Phi) is 2.83. The first-order valence-electron chi connectivity index (χ1n) is 4.31. The standard InChI is InChI=1S/C10H8BrFN2O/c11-6-1-2-8(12)7(5-6)9(15)10-13-3-4-14-10/h1-5,9,15H,(H,13,14). The summed E-state index contributed by atoms with van der Waals surface area (Å²) in [6.07, 6.45) is 2.01. The van der Waals surface area contributed by atoms with Gasteiger partial charge in [0.1, 0.15) is 17.7 Å². The van der Waals surface area contributed by atoms with Crippen molar-refractivity contribution in [1.82, 2.24) is 9.97 Å². The van der Waals surface area contributed by atoms with E-state index in [4.69, 9.17) is 0 Å². The van der Waals surface area contributed by atoms with Gasteiger partial charge < -0.3 is 10.1 Å². The Morgan fingerprint density at radius 1 is 1.47 bits per heavy atom. The number of rotatable bonds is 2. The number of nitrogens with one attached hydrogen (secondary N) is 1. The van der Waals surface area contributed by atoms with E-state index in [1.54, 1.807) is 12.3 Å². The van der Waals surface area contributed by atoms with Gasteiger partial charge in [0.15, 0.2) is 0 Å². The fourth-order valence-electron chi connectivity index (χ4n) is 1.30. The van der Waals surface area contributed by atoms with Crippen molar-refractivity contribution in [1.29, 1.82) is 0 Å². The Morgan fingerprint density at radius 2 is 2.27 bits per heavy atom. The molecule has 2 N–H and O–H groups in total. The van der Waals surface area contributed by atoms with E-state index in [1.165, 1.54) is 18.3 Å². The Labute approximate surface area is 94.1 Å². The molecule has 0 amide bonds. The third-order valence-corrected chi connectivity index (χ3v) is 2.52. The number of halogens is 2. The third kappa shape index (κ3) is 2.08. The number of aromatic nitrogens is 2. The van der Waals surface area contributed by atoms with Crippen LogP contribution in [0, 0.1) is 5.82 Å². The maximum atomic E-state index is 13.4. The van der Waals surface area contributed by atoms with Crippen molar-refractivity contribution in [2.24, 2.45) is 0 Å². The predicted octanol–water partition coefficient (Wildman–Crippen LogP) is 2.39. The molecule has 0 spiro atoms. The molecule has 78 valence electrons. The van der Waals surface area contributed by atoms with Gasteiger partial charge in [-0.05, 0) is 18.2 Å². The molecular weight excluding hydrogens is 263 g/mol. The maximum Gasteiger partial charge on any atom is 0.139 e. The van der Waals surface area contributed by atoms with Gasteiger partial charge in [0.05, 0.1) is 0 Å². The molecule has 0 aliphatic heterocycles. The highest BCUT2D eigenvalue weighted by Gasteiger charge is 2.17. The van der Waals surface area contributed by atoms with Crippen LogP contribution in [0.5, 0.6) is 0 Å². The number of benzene rings is 1. The van der Waals surface area contributed by atoms with Gasteiger partial charge in [-0.1, -0.05) is 15.9 Å². The molecule has 1 aromatic heterocycles. The van der Waals surface area contributed by atoms with Crippen LogP contribution in [0.2, 0.25) is 0 Å². The molecular formula is C10H8BrFN2O. The molecule has 0 radical (unpaired) electrons. The average molecular weight is 271 g/mol. The van der Waals surface area contributed by atoms with Gasteiger partial charge in [-0.2, -0.15) is 0 Å². The molecule has 2 rings (SSSR count). The number of hydrogen-bond donors (Lipinski definition) is 2. The van der Waals surface area contributed by atoms with E-state index in [1.807, 2.05) is 0 Å². The van der Waals surface area contributed by atoms with Crippen molar-refractivity contribution in [3.05, 3.63) is 52.3 Å². The van der Waals surface area contributed by atoms with Crippen molar-refractivity contribution in [3.63, 3.8) is 0 Å². The predicted molar refractivity (Wildman–Crippen MR) is 56.7 cm³/mol. The second kappa shape index (κ2) is 4.12. The zero-order chi connectivity index (χ0) is 10.8. The summed E-state index contributed by atoms with van der Waals surface area (Å²) in [7, 11) is 0. The normalized spacial score (nSPS) is 12.7. The fraction of sp³-hybridized carbons (Fsp3) is 0.100. The molecule has 15 heavy (non-hydrogen) atoms. The van der Waals surface area contributed by atoms with E-state index in [2.05, 4.69) is 25.9 Å². The van der Waals surface area contributed by atoms with Gasteiger partial charge in [0, 0.05) is 22.4 Å². The minimum absolute atomic E-state index is 0.194. The minimum atomic E-state index is -1.07. The first kappa shape index (κ1) is 10.3. The number of aliphatic hydroxyl groups excluding tert-OH is 1. The minimum Gasteiger partial charge on any atom is -0.380 e. The molecule has 1 unspecified atom stereocenters. The Balaban J connectivity index is 2.41. The van der Waals surface area contributed by atoms with Gasteiger partial charge in [-0.3, -0.25) is 0 Å². The Hall–Kier alpha value is -1.20. The number of aromatic amines is 1. The second-order valence-electron chi connectivity index (χ2n) is 3.04. The number of nitrogens with zero attached hydrogens (tertiary/aromatic N) is 1. The largest absolute Gasteiger partial charge is 0.380 e. The van der Waals surface area contributed by atoms with E-state index in [0.29, 0.717) is 10.3 Å². The lowest BCUT2D eigenvalue weighted by molar-refractivity contribution is 0.205. The molecule has 5 heteroatoms. The zero-order valence-corrected chi connectivity index (χ0v) is 9.20. The summed E-state index contributed by atoms with van der Waals surface area (Å²) in [4.78, 5) is 6.61. The van der Waals surface area contributed by atoms with Crippen LogP contribution >= 0.6 is 15.9 Å². The van der Waals surface area contributed by atoms with Crippen LogP contribution in [0.25, 0.3) is 0 Å². The molecule has 0 aliphatic carbocycles. The van der Waals surface area contributed by atoms with Gasteiger partial charge in [-0.25, -0.2) is 9.37 Å². The number of imidazole rings is 1. The molecule has 0 saturated heterocycles. The molecule has 0 saturated carbocycles. The van der Waals surface area contributed by atoms with Crippen LogP contribution in [0.1, 0.15) is 17.5 Å². The zero-order valence-electron chi connectivity index (χ0n) is 7.61. The van der Waals surface area contributed by atoms with E-state index >= 15 is 0 Å². The second-order valence-corrected chi connectivity index (χ2v) is 3.96. The molecule has 2 aromatic rings. The molecule has 0 aliphatic rings. The molecule has 1 heterocycles. The highest BCUT2D eigenvalue weighted by atomic mass is 79.9. The van der Waals surface area contributed by atoms with E-state index in [9.17, 15) is 9.50 Å². The summed E-state index contributed by atoms with van der Waals surface area (Å²) in [6, 6.07) is 4.40. The van der Waals surface area contributed by atoms with Crippen LogP contribution in [-0.4, -0.2) is 15.1 Å². The number of aliphatic hydroxyl groups is 1. The lowest BCUT2D eigenvalue weighted by Crippen LogP contribution is -2.04. The Morgan fingerprint density at radius 3 is 2.93 bits per heavy atom. The van der Waals surface area contributed by atoms with Gasteiger partial charge >= 0.3 is 0 Å². The quantitative estimate of drug-likeness (QED) is 0.881. The first-order chi connectivity index (χ1) is 7.18. The maximum absolute atomic E-state index is 13.4. The molecule has 1 aromatic carbocycles. The number of H-pyrrole nitrogens is 1. The van der Waals surface area contributed by atoms with Crippen molar-refractivity contribution in [3.8, 4) is 0 Å². The summed E-state index contributed by atoms with van der Waals surface area (Å²) >= 11 is 3.22.